The molecule has 2 saturated heterocycles. The summed E-state index contributed by atoms with van der Waals surface area (Å²) in [7, 11) is 0. The Morgan fingerprint density at radius 3 is 2.02 bits per heavy atom. The van der Waals surface area contributed by atoms with Crippen LogP contribution in [0.5, 0.6) is 0 Å². The van der Waals surface area contributed by atoms with Crippen molar-refractivity contribution >= 4 is 17.1 Å². The second kappa shape index (κ2) is 14.8. The van der Waals surface area contributed by atoms with E-state index in [1.807, 2.05) is 13.8 Å². The van der Waals surface area contributed by atoms with Gasteiger partial charge >= 0.3 is 12.4 Å². The van der Waals surface area contributed by atoms with Crippen LogP contribution in [0.4, 0.5) is 43.4 Å². The third kappa shape index (κ3) is 8.78. The van der Waals surface area contributed by atoms with E-state index in [0.29, 0.717) is 11.6 Å². The summed E-state index contributed by atoms with van der Waals surface area (Å²) >= 11 is 0. The minimum atomic E-state index is -4.47. The predicted octanol–water partition coefficient (Wildman–Crippen LogP) is 9.73. The lowest BCUT2D eigenvalue weighted by molar-refractivity contribution is -0.138. The Morgan fingerprint density at radius 2 is 1.48 bits per heavy atom. The van der Waals surface area contributed by atoms with E-state index in [0.717, 1.165) is 108 Å². The minimum absolute atomic E-state index is 0.119. The van der Waals surface area contributed by atoms with Crippen molar-refractivity contribution in [3.63, 3.8) is 0 Å². The van der Waals surface area contributed by atoms with Crippen molar-refractivity contribution < 1.29 is 26.3 Å². The first-order chi connectivity index (χ1) is 21.0. The zero-order valence-corrected chi connectivity index (χ0v) is 25.8. The smallest absolute Gasteiger partial charge is 0.398 e. The Hall–Kier alpha value is -3.04. The lowest BCUT2D eigenvalue weighted by Gasteiger charge is -2.39. The molecule has 0 amide bonds. The van der Waals surface area contributed by atoms with Gasteiger partial charge in [0.05, 0.1) is 11.1 Å². The van der Waals surface area contributed by atoms with Crippen molar-refractivity contribution in [3.05, 3.63) is 64.9 Å². The van der Waals surface area contributed by atoms with Crippen LogP contribution in [0.3, 0.4) is 0 Å². The first-order valence-corrected chi connectivity index (χ1v) is 16.1. The highest BCUT2D eigenvalue weighted by atomic mass is 19.4. The second-order valence-electron chi connectivity index (χ2n) is 12.0. The molecule has 2 aromatic carbocycles. The molecule has 0 spiro atoms. The fourth-order valence-electron chi connectivity index (χ4n) is 6.52. The number of anilines is 3. The molecule has 244 valence electrons. The van der Waals surface area contributed by atoms with Gasteiger partial charge in [0.15, 0.2) is 0 Å². The standard InChI is InChI=1S/C32H40F6N4.C2H6/c33-31(34,35)24-7-10-27(11-8-24)41-17-13-22(14-18-41)3-1-6-30(23-4-2-5-23)42-19-15-25(16-20-42)40-26-9-12-29(39)28(21-26)32(36,37)38;1-2/h7-12,21-22,25,40H,1-6,13-20,39H2;1-2H3. The maximum atomic E-state index is 13.3. The van der Waals surface area contributed by atoms with Crippen LogP contribution in [-0.4, -0.2) is 37.1 Å². The molecule has 44 heavy (non-hydrogen) atoms. The number of halogens is 6. The van der Waals surface area contributed by atoms with E-state index in [9.17, 15) is 26.3 Å². The Morgan fingerprint density at radius 1 is 0.841 bits per heavy atom. The lowest BCUT2D eigenvalue weighted by atomic mass is 9.86. The molecule has 1 saturated carbocycles. The number of nitrogens with two attached hydrogens (primary N) is 1. The van der Waals surface area contributed by atoms with Crippen LogP contribution >= 0.6 is 0 Å². The topological polar surface area (TPSA) is 44.5 Å². The van der Waals surface area contributed by atoms with Crippen LogP contribution in [0.15, 0.2) is 53.7 Å². The molecule has 2 heterocycles. The van der Waals surface area contributed by atoms with E-state index in [2.05, 4.69) is 15.1 Å². The molecule has 0 aromatic heterocycles. The summed E-state index contributed by atoms with van der Waals surface area (Å²) in [6.07, 6.45) is 1.91. The summed E-state index contributed by atoms with van der Waals surface area (Å²) in [6.45, 7) is 7.51. The summed E-state index contributed by atoms with van der Waals surface area (Å²) in [5, 5.41) is 3.30. The Bertz CT molecular complexity index is 1220. The number of alkyl halides is 6. The van der Waals surface area contributed by atoms with Crippen molar-refractivity contribution in [2.45, 2.75) is 96.5 Å². The van der Waals surface area contributed by atoms with E-state index in [-0.39, 0.29) is 11.7 Å². The fraction of sp³-hybridized carbons (Fsp3) is 0.588. The maximum Gasteiger partial charge on any atom is 0.418 e. The van der Waals surface area contributed by atoms with Crippen LogP contribution in [0.25, 0.3) is 0 Å². The van der Waals surface area contributed by atoms with Gasteiger partial charge in [0.25, 0.3) is 0 Å². The number of piperidine rings is 2. The molecule has 0 bridgehead atoms. The third-order valence-electron chi connectivity index (χ3n) is 9.17. The summed E-state index contributed by atoms with van der Waals surface area (Å²) in [6, 6.07) is 9.65. The normalized spacial score (nSPS) is 18.4. The summed E-state index contributed by atoms with van der Waals surface area (Å²) < 4.78 is 78.4. The van der Waals surface area contributed by atoms with Gasteiger partial charge in [0.2, 0.25) is 0 Å². The minimum Gasteiger partial charge on any atom is -0.398 e. The van der Waals surface area contributed by atoms with Gasteiger partial charge in [0.1, 0.15) is 0 Å². The quantitative estimate of drug-likeness (QED) is 0.227. The molecule has 3 aliphatic rings. The third-order valence-corrected chi connectivity index (χ3v) is 9.17. The van der Waals surface area contributed by atoms with Gasteiger partial charge in [-0.1, -0.05) is 19.4 Å². The van der Waals surface area contributed by atoms with E-state index >= 15 is 0 Å². The van der Waals surface area contributed by atoms with Crippen molar-refractivity contribution in [3.8, 4) is 0 Å². The molecule has 2 aromatic rings. The first-order valence-electron chi connectivity index (χ1n) is 16.1. The van der Waals surface area contributed by atoms with Gasteiger partial charge in [0, 0.05) is 55.0 Å². The van der Waals surface area contributed by atoms with Crippen molar-refractivity contribution in [2.24, 2.45) is 5.92 Å². The van der Waals surface area contributed by atoms with Crippen molar-refractivity contribution in [2.75, 3.05) is 42.1 Å². The van der Waals surface area contributed by atoms with Crippen LogP contribution < -0.4 is 16.0 Å². The number of likely N-dealkylation sites (tertiary alicyclic amines) is 1. The molecule has 1 aliphatic carbocycles. The van der Waals surface area contributed by atoms with Crippen LogP contribution in [0, 0.1) is 5.92 Å². The molecule has 0 radical (unpaired) electrons. The second-order valence-corrected chi connectivity index (χ2v) is 12.0. The molecule has 2 aliphatic heterocycles. The zero-order valence-electron chi connectivity index (χ0n) is 25.8. The number of benzene rings is 2. The molecule has 0 atom stereocenters. The number of nitrogens with zero attached hydrogens (tertiary/aromatic N) is 2. The van der Waals surface area contributed by atoms with Gasteiger partial charge in [-0.3, -0.25) is 0 Å². The van der Waals surface area contributed by atoms with Crippen LogP contribution in [0.1, 0.15) is 89.2 Å². The van der Waals surface area contributed by atoms with E-state index in [1.165, 1.54) is 18.2 Å². The average Bonchev–Trinajstić information content (AvgIpc) is 2.97. The predicted molar refractivity (Wildman–Crippen MR) is 167 cm³/mol. The van der Waals surface area contributed by atoms with Crippen LogP contribution in [0.2, 0.25) is 0 Å². The van der Waals surface area contributed by atoms with Gasteiger partial charge < -0.3 is 20.9 Å². The van der Waals surface area contributed by atoms with Gasteiger partial charge in [-0.2, -0.15) is 26.3 Å². The van der Waals surface area contributed by atoms with E-state index < -0.39 is 23.5 Å². The Kier molecular flexibility index (Phi) is 11.4. The number of nitrogens with one attached hydrogen (secondary N) is 1. The zero-order chi connectivity index (χ0) is 31.9. The maximum absolute atomic E-state index is 13.3. The van der Waals surface area contributed by atoms with E-state index in [1.54, 1.807) is 23.8 Å². The number of nitrogen functional groups attached to an aromatic ring is 1. The molecule has 0 unspecified atom stereocenters. The molecule has 3 fully saturated rings. The largest absolute Gasteiger partial charge is 0.418 e. The molecular weight excluding hydrogens is 578 g/mol. The number of hydrogen-bond acceptors (Lipinski definition) is 4. The van der Waals surface area contributed by atoms with Crippen molar-refractivity contribution in [1.29, 1.82) is 0 Å². The fourth-order valence-corrected chi connectivity index (χ4v) is 6.52. The highest BCUT2D eigenvalue weighted by Gasteiger charge is 2.34. The average molecular weight is 625 g/mol. The van der Waals surface area contributed by atoms with Gasteiger partial charge in [-0.25, -0.2) is 0 Å². The number of rotatable bonds is 8. The highest BCUT2D eigenvalue weighted by molar-refractivity contribution is 5.58. The highest BCUT2D eigenvalue weighted by Crippen LogP contribution is 2.38. The Labute approximate surface area is 257 Å². The van der Waals surface area contributed by atoms with Crippen LogP contribution in [-0.2, 0) is 12.4 Å². The summed E-state index contributed by atoms with van der Waals surface area (Å²) in [5.74, 6) is 0.625. The summed E-state index contributed by atoms with van der Waals surface area (Å²) in [5.41, 5.74) is 8.23. The first kappa shape index (κ1) is 33.8. The molecular formula is C34H46F6N4. The van der Waals surface area contributed by atoms with E-state index in [4.69, 9.17) is 5.73 Å². The van der Waals surface area contributed by atoms with Gasteiger partial charge in [-0.15, -0.1) is 0 Å². The van der Waals surface area contributed by atoms with Gasteiger partial charge in [-0.05, 0) is 113 Å². The SMILES string of the molecule is CC.Nc1ccc(NC2CCN(C(CCCC3CCN(c4ccc(C(F)(F)F)cc4)CC3)=C3CCC3)CC2)cc1C(F)(F)F. The summed E-state index contributed by atoms with van der Waals surface area (Å²) in [4.78, 5) is 4.69. The monoisotopic (exact) mass is 624 g/mol. The molecule has 10 heteroatoms. The van der Waals surface area contributed by atoms with Crippen molar-refractivity contribution in [1.82, 2.24) is 4.90 Å². The number of allylic oxidation sites excluding steroid dienone is 2. The molecule has 5 rings (SSSR count). The number of hydrogen-bond donors (Lipinski definition) is 2. The lowest BCUT2D eigenvalue weighted by Crippen LogP contribution is -2.39. The molecule has 4 nitrogen and oxygen atoms in total. The molecule has 3 N–H and O–H groups in total. The Balaban J connectivity index is 0.00000216.